The average molecular weight is 367 g/mol. The van der Waals surface area contributed by atoms with Gasteiger partial charge in [0.05, 0.1) is 12.6 Å². The lowest BCUT2D eigenvalue weighted by Crippen LogP contribution is -2.42. The Morgan fingerprint density at radius 1 is 1.48 bits per heavy atom. The number of nitrogens with one attached hydrogen (secondary N) is 2. The highest BCUT2D eigenvalue weighted by Crippen LogP contribution is 2.31. The van der Waals surface area contributed by atoms with Gasteiger partial charge in [-0.25, -0.2) is 0 Å². The predicted molar refractivity (Wildman–Crippen MR) is 101 cm³/mol. The molecule has 3 atom stereocenters. The van der Waals surface area contributed by atoms with Crippen LogP contribution in [0.3, 0.4) is 0 Å². The maximum absolute atomic E-state index is 12.5. The first-order chi connectivity index (χ1) is 11.6. The molecule has 5 nitrogen and oxygen atoms in total. The minimum absolute atomic E-state index is 0. The monoisotopic (exact) mass is 366 g/mol. The van der Waals surface area contributed by atoms with E-state index >= 15 is 0 Å². The first-order valence-corrected chi connectivity index (χ1v) is 8.77. The number of carbonyl (C=O) groups excluding carboxylic acids is 1. The zero-order valence-corrected chi connectivity index (χ0v) is 15.8. The number of halogens is 1. The molecular weight excluding hydrogens is 340 g/mol. The van der Waals surface area contributed by atoms with Crippen molar-refractivity contribution in [3.63, 3.8) is 0 Å². The summed E-state index contributed by atoms with van der Waals surface area (Å²) in [6, 6.07) is 8.06. The van der Waals surface area contributed by atoms with Gasteiger partial charge < -0.3 is 19.8 Å². The Hall–Kier alpha value is -1.72. The van der Waals surface area contributed by atoms with Crippen LogP contribution in [0, 0.1) is 5.92 Å². The Labute approximate surface area is 154 Å². The van der Waals surface area contributed by atoms with E-state index in [9.17, 15) is 4.79 Å². The van der Waals surface area contributed by atoms with E-state index in [1.54, 1.807) is 0 Å². The Morgan fingerprint density at radius 2 is 2.28 bits per heavy atom. The third-order valence-electron chi connectivity index (χ3n) is 4.61. The summed E-state index contributed by atoms with van der Waals surface area (Å²) in [6.45, 7) is 7.52. The number of fused-ring (bicyclic) bond motifs is 1. The lowest BCUT2D eigenvalue weighted by atomic mass is 9.92. The molecule has 1 aliphatic heterocycles. The molecule has 1 amide bonds. The molecule has 25 heavy (non-hydrogen) atoms. The van der Waals surface area contributed by atoms with E-state index in [0.29, 0.717) is 12.6 Å². The molecule has 0 radical (unpaired) electrons. The van der Waals surface area contributed by atoms with Crippen molar-refractivity contribution in [3.8, 4) is 5.75 Å². The van der Waals surface area contributed by atoms with Crippen molar-refractivity contribution in [2.45, 2.75) is 45.7 Å². The smallest absolute Gasteiger partial charge is 0.223 e. The molecule has 0 aliphatic carbocycles. The average Bonchev–Trinajstić information content (AvgIpc) is 3.00. The first kappa shape index (κ1) is 19.6. The lowest BCUT2D eigenvalue weighted by molar-refractivity contribution is -0.126. The molecule has 0 bridgehead atoms. The highest BCUT2D eigenvalue weighted by molar-refractivity contribution is 5.85. The summed E-state index contributed by atoms with van der Waals surface area (Å²) >= 11 is 0. The van der Waals surface area contributed by atoms with Crippen LogP contribution in [0.1, 0.15) is 45.4 Å². The molecule has 6 heteroatoms. The molecule has 1 aromatic heterocycles. The van der Waals surface area contributed by atoms with Crippen molar-refractivity contribution in [2.75, 3.05) is 13.2 Å². The molecule has 1 aromatic carbocycles. The van der Waals surface area contributed by atoms with Crippen molar-refractivity contribution in [3.05, 3.63) is 30.0 Å². The van der Waals surface area contributed by atoms with Gasteiger partial charge in [0.15, 0.2) is 11.3 Å². The molecule has 1 saturated heterocycles. The predicted octanol–water partition coefficient (Wildman–Crippen LogP) is 3.82. The molecule has 0 spiro atoms. The number of carbonyl (C=O) groups is 1. The van der Waals surface area contributed by atoms with Crippen LogP contribution in [0.15, 0.2) is 28.7 Å². The summed E-state index contributed by atoms with van der Waals surface area (Å²) in [6.07, 6.45) is 1.77. The van der Waals surface area contributed by atoms with Gasteiger partial charge >= 0.3 is 0 Å². The summed E-state index contributed by atoms with van der Waals surface area (Å²) in [5.74, 6) is 1.69. The SMILES string of the molecule is CCOc1cccc2cc(C(C)NC(=O)[C@H]3CCN[C@@H](C)C3)oc12.Cl. The van der Waals surface area contributed by atoms with E-state index in [2.05, 4.69) is 17.6 Å². The maximum Gasteiger partial charge on any atom is 0.223 e. The number of amides is 1. The Kier molecular flexibility index (Phi) is 6.73. The topological polar surface area (TPSA) is 63.5 Å². The number of hydrogen-bond donors (Lipinski definition) is 2. The van der Waals surface area contributed by atoms with Gasteiger partial charge in [-0.1, -0.05) is 12.1 Å². The molecule has 1 unspecified atom stereocenters. The molecule has 1 fully saturated rings. The second-order valence-corrected chi connectivity index (χ2v) is 6.56. The van der Waals surface area contributed by atoms with Crippen LogP contribution < -0.4 is 15.4 Å². The van der Waals surface area contributed by atoms with E-state index < -0.39 is 0 Å². The minimum Gasteiger partial charge on any atom is -0.490 e. The van der Waals surface area contributed by atoms with E-state index in [-0.39, 0.29) is 30.3 Å². The van der Waals surface area contributed by atoms with Crippen LogP contribution in [0.2, 0.25) is 0 Å². The van der Waals surface area contributed by atoms with Crippen molar-refractivity contribution in [1.82, 2.24) is 10.6 Å². The van der Waals surface area contributed by atoms with Crippen molar-refractivity contribution in [1.29, 1.82) is 0 Å². The summed E-state index contributed by atoms with van der Waals surface area (Å²) in [4.78, 5) is 12.5. The number of benzene rings is 1. The Bertz CT molecular complexity index is 716. The summed E-state index contributed by atoms with van der Waals surface area (Å²) in [5, 5.41) is 7.47. The third kappa shape index (κ3) is 4.47. The van der Waals surface area contributed by atoms with Crippen molar-refractivity contribution in [2.24, 2.45) is 5.92 Å². The maximum atomic E-state index is 12.5. The molecule has 2 heterocycles. The van der Waals surface area contributed by atoms with E-state index in [1.807, 2.05) is 38.1 Å². The summed E-state index contributed by atoms with van der Waals surface area (Å²) in [7, 11) is 0. The van der Waals surface area contributed by atoms with Gasteiger partial charge in [-0.3, -0.25) is 4.79 Å². The molecule has 3 rings (SSSR count). The fourth-order valence-electron chi connectivity index (χ4n) is 3.31. The highest BCUT2D eigenvalue weighted by Gasteiger charge is 2.26. The van der Waals surface area contributed by atoms with Crippen molar-refractivity contribution < 1.29 is 13.9 Å². The number of hydrogen-bond acceptors (Lipinski definition) is 4. The van der Waals surface area contributed by atoms with Crippen LogP contribution in [0.4, 0.5) is 0 Å². The second kappa shape index (κ2) is 8.59. The van der Waals surface area contributed by atoms with Gasteiger partial charge in [0.2, 0.25) is 5.91 Å². The number of rotatable bonds is 5. The fourth-order valence-corrected chi connectivity index (χ4v) is 3.31. The molecule has 138 valence electrons. The molecular formula is C19H27ClN2O3. The van der Waals surface area contributed by atoms with Gasteiger partial charge in [0.25, 0.3) is 0 Å². The number of para-hydroxylation sites is 1. The van der Waals surface area contributed by atoms with Crippen LogP contribution in [0.5, 0.6) is 5.75 Å². The summed E-state index contributed by atoms with van der Waals surface area (Å²) in [5.41, 5.74) is 0.742. The van der Waals surface area contributed by atoms with E-state index in [0.717, 1.165) is 41.9 Å². The van der Waals surface area contributed by atoms with E-state index in [4.69, 9.17) is 9.15 Å². The molecule has 1 aliphatic rings. The van der Waals surface area contributed by atoms with Gasteiger partial charge in [-0.2, -0.15) is 0 Å². The standard InChI is InChI=1S/C19H26N2O3.ClH/c1-4-23-16-7-5-6-14-11-17(24-18(14)16)13(3)21-19(22)15-8-9-20-12(2)10-15;/h5-7,11-13,15,20H,4,8-10H2,1-3H3,(H,21,22);1H/t12-,13?,15-;/m0./s1. The fraction of sp³-hybridized carbons (Fsp3) is 0.526. The van der Waals surface area contributed by atoms with Gasteiger partial charge in [0.1, 0.15) is 5.76 Å². The van der Waals surface area contributed by atoms with Crippen molar-refractivity contribution >= 4 is 29.3 Å². The normalized spacial score (nSPS) is 21.4. The first-order valence-electron chi connectivity index (χ1n) is 8.77. The molecule has 2 N–H and O–H groups in total. The third-order valence-corrected chi connectivity index (χ3v) is 4.61. The van der Waals surface area contributed by atoms with Crippen LogP contribution >= 0.6 is 12.4 Å². The molecule has 0 saturated carbocycles. The number of furan rings is 1. The van der Waals surface area contributed by atoms with Crippen LogP contribution in [-0.2, 0) is 4.79 Å². The van der Waals surface area contributed by atoms with Gasteiger partial charge in [-0.15, -0.1) is 12.4 Å². The quantitative estimate of drug-likeness (QED) is 0.844. The Morgan fingerprint density at radius 3 is 3.00 bits per heavy atom. The van der Waals surface area contributed by atoms with Crippen LogP contribution in [0.25, 0.3) is 11.0 Å². The van der Waals surface area contributed by atoms with Gasteiger partial charge in [-0.05, 0) is 52.3 Å². The zero-order chi connectivity index (χ0) is 17.1. The zero-order valence-electron chi connectivity index (χ0n) is 15.0. The van der Waals surface area contributed by atoms with Gasteiger partial charge in [0, 0.05) is 17.3 Å². The lowest BCUT2D eigenvalue weighted by Gasteiger charge is -2.27. The highest BCUT2D eigenvalue weighted by atomic mass is 35.5. The summed E-state index contributed by atoms with van der Waals surface area (Å²) < 4.78 is 11.6. The van der Waals surface area contributed by atoms with E-state index in [1.165, 1.54) is 0 Å². The second-order valence-electron chi connectivity index (χ2n) is 6.56. The number of ether oxygens (including phenoxy) is 1. The molecule has 2 aromatic rings. The Balaban J connectivity index is 0.00000225. The largest absolute Gasteiger partial charge is 0.490 e. The van der Waals surface area contributed by atoms with Crippen LogP contribution in [-0.4, -0.2) is 25.1 Å². The minimum atomic E-state index is -0.162. The number of piperidine rings is 1.